The summed E-state index contributed by atoms with van der Waals surface area (Å²) in [4.78, 5) is 0. The van der Waals surface area contributed by atoms with Gasteiger partial charge in [0.15, 0.2) is 0 Å². The lowest BCUT2D eigenvalue weighted by molar-refractivity contribution is 0.353. The third-order valence-electron chi connectivity index (χ3n) is 4.52. The van der Waals surface area contributed by atoms with Crippen LogP contribution in [0.1, 0.15) is 71.6 Å². The average Bonchev–Trinajstić information content (AvgIpc) is 2.43. The molecule has 0 amide bonds. The first kappa shape index (κ1) is 16.3. The van der Waals surface area contributed by atoms with Gasteiger partial charge in [-0.1, -0.05) is 95.6 Å². The highest BCUT2D eigenvalue weighted by atomic mass is 14.3. The van der Waals surface area contributed by atoms with Crippen LogP contribution in [-0.4, -0.2) is 0 Å². The fourth-order valence-electron chi connectivity index (χ4n) is 2.92. The van der Waals surface area contributed by atoms with E-state index in [-0.39, 0.29) is 5.41 Å². The predicted molar refractivity (Wildman–Crippen MR) is 87.3 cm³/mol. The molecule has 0 saturated carbocycles. The van der Waals surface area contributed by atoms with Crippen LogP contribution in [0.25, 0.3) is 0 Å². The molecule has 108 valence electrons. The molecule has 0 saturated heterocycles. The van der Waals surface area contributed by atoms with Crippen molar-refractivity contribution < 1.29 is 0 Å². The van der Waals surface area contributed by atoms with Crippen LogP contribution in [-0.2, 0) is 0 Å². The number of rotatable bonds is 10. The molecule has 0 spiro atoms. The normalized spacial score (nSPS) is 25.7. The number of hydrogen-bond donors (Lipinski definition) is 0. The molecule has 2 unspecified atom stereocenters. The summed E-state index contributed by atoms with van der Waals surface area (Å²) in [6, 6.07) is 0. The molecule has 0 aromatic carbocycles. The van der Waals surface area contributed by atoms with E-state index in [1.807, 2.05) is 0 Å². The van der Waals surface area contributed by atoms with Crippen LogP contribution >= 0.6 is 0 Å². The monoisotopic (exact) mass is 260 g/mol. The first-order valence-corrected chi connectivity index (χ1v) is 8.22. The molecule has 1 aliphatic rings. The molecule has 1 rings (SSSR count). The second-order valence-corrected chi connectivity index (χ2v) is 6.18. The van der Waals surface area contributed by atoms with E-state index in [0.717, 1.165) is 0 Å². The third kappa shape index (κ3) is 5.80. The third-order valence-corrected chi connectivity index (χ3v) is 4.52. The zero-order chi connectivity index (χ0) is 14.0. The Bertz CT molecular complexity index is 297. The Kier molecular flexibility index (Phi) is 7.86. The fraction of sp³-hybridized carbons (Fsp3) is 0.684. The maximum Gasteiger partial charge on any atom is 0.00959 e. The van der Waals surface area contributed by atoms with E-state index in [4.69, 9.17) is 0 Å². The van der Waals surface area contributed by atoms with Gasteiger partial charge in [-0.15, -0.1) is 6.58 Å². The van der Waals surface area contributed by atoms with Crippen LogP contribution < -0.4 is 0 Å². The minimum atomic E-state index is 0.176. The van der Waals surface area contributed by atoms with Crippen LogP contribution in [0, 0.1) is 11.3 Å². The molecular weight excluding hydrogens is 228 g/mol. The Hall–Kier alpha value is -0.780. The lowest BCUT2D eigenvalue weighted by Crippen LogP contribution is -2.22. The summed E-state index contributed by atoms with van der Waals surface area (Å²) in [5.41, 5.74) is 0.176. The number of unbranched alkanes of at least 4 members (excludes halogenated alkanes) is 7. The molecular formula is C19H32. The molecule has 0 radical (unpaired) electrons. The molecule has 0 heterocycles. The van der Waals surface area contributed by atoms with E-state index in [0.29, 0.717) is 5.92 Å². The highest BCUT2D eigenvalue weighted by molar-refractivity contribution is 5.23. The molecule has 0 bridgehead atoms. The van der Waals surface area contributed by atoms with Gasteiger partial charge in [0.2, 0.25) is 0 Å². The van der Waals surface area contributed by atoms with E-state index in [1.165, 1.54) is 57.8 Å². The Morgan fingerprint density at radius 1 is 1.00 bits per heavy atom. The van der Waals surface area contributed by atoms with E-state index in [9.17, 15) is 0 Å². The van der Waals surface area contributed by atoms with Crippen molar-refractivity contribution in [3.05, 3.63) is 37.0 Å². The van der Waals surface area contributed by atoms with Crippen molar-refractivity contribution in [3.8, 4) is 0 Å². The van der Waals surface area contributed by atoms with E-state index >= 15 is 0 Å². The lowest BCUT2D eigenvalue weighted by Gasteiger charge is -2.32. The van der Waals surface area contributed by atoms with Gasteiger partial charge in [-0.05, 0) is 12.3 Å². The molecule has 0 aromatic rings. The molecule has 2 atom stereocenters. The van der Waals surface area contributed by atoms with Crippen molar-refractivity contribution >= 4 is 0 Å². The Balaban J connectivity index is 2.10. The van der Waals surface area contributed by atoms with Gasteiger partial charge in [0, 0.05) is 5.41 Å². The van der Waals surface area contributed by atoms with Gasteiger partial charge in [-0.3, -0.25) is 0 Å². The van der Waals surface area contributed by atoms with E-state index < -0.39 is 0 Å². The summed E-state index contributed by atoms with van der Waals surface area (Å²) in [5.74, 6) is 0.648. The molecule has 0 aliphatic heterocycles. The van der Waals surface area contributed by atoms with Gasteiger partial charge in [0.25, 0.3) is 0 Å². The predicted octanol–water partition coefficient (Wildman–Crippen LogP) is 6.45. The average molecular weight is 260 g/mol. The molecule has 0 nitrogen and oxygen atoms in total. The Morgan fingerprint density at radius 3 is 2.26 bits per heavy atom. The van der Waals surface area contributed by atoms with Crippen molar-refractivity contribution in [1.82, 2.24) is 0 Å². The highest BCUT2D eigenvalue weighted by Crippen LogP contribution is 2.37. The number of allylic oxidation sites excluding steroid dienone is 5. The van der Waals surface area contributed by atoms with Crippen LogP contribution in [0.2, 0.25) is 0 Å². The van der Waals surface area contributed by atoms with E-state index in [2.05, 4.69) is 50.8 Å². The first-order valence-electron chi connectivity index (χ1n) is 8.22. The minimum Gasteiger partial charge on any atom is -0.102 e. The van der Waals surface area contributed by atoms with Crippen LogP contribution in [0.3, 0.4) is 0 Å². The topological polar surface area (TPSA) is 0 Å². The van der Waals surface area contributed by atoms with Crippen molar-refractivity contribution in [2.45, 2.75) is 71.6 Å². The summed E-state index contributed by atoms with van der Waals surface area (Å²) in [5, 5.41) is 0. The standard InChI is InChI=1S/C19H32/c1-4-6-7-8-9-10-11-12-15-18-16-13-14-17-19(18,3)5-2/h5,13-14,16-18H,2,4,6-12,15H2,1,3H3. The maximum atomic E-state index is 4.01. The van der Waals surface area contributed by atoms with Gasteiger partial charge in [-0.2, -0.15) is 0 Å². The molecule has 19 heavy (non-hydrogen) atoms. The second-order valence-electron chi connectivity index (χ2n) is 6.18. The molecule has 0 heteroatoms. The van der Waals surface area contributed by atoms with Gasteiger partial charge in [0.1, 0.15) is 0 Å². The second kappa shape index (κ2) is 9.18. The van der Waals surface area contributed by atoms with Gasteiger partial charge in [-0.25, -0.2) is 0 Å². The van der Waals surface area contributed by atoms with Crippen LogP contribution in [0.4, 0.5) is 0 Å². The highest BCUT2D eigenvalue weighted by Gasteiger charge is 2.27. The van der Waals surface area contributed by atoms with Crippen molar-refractivity contribution in [3.63, 3.8) is 0 Å². The molecule has 1 aliphatic carbocycles. The van der Waals surface area contributed by atoms with Gasteiger partial charge in [0.05, 0.1) is 0 Å². The van der Waals surface area contributed by atoms with E-state index in [1.54, 1.807) is 0 Å². The van der Waals surface area contributed by atoms with Crippen molar-refractivity contribution in [2.24, 2.45) is 11.3 Å². The zero-order valence-electron chi connectivity index (χ0n) is 13.0. The molecule has 0 N–H and O–H groups in total. The fourth-order valence-corrected chi connectivity index (χ4v) is 2.92. The zero-order valence-corrected chi connectivity index (χ0v) is 13.0. The van der Waals surface area contributed by atoms with Crippen LogP contribution in [0.15, 0.2) is 37.0 Å². The van der Waals surface area contributed by atoms with Gasteiger partial charge >= 0.3 is 0 Å². The summed E-state index contributed by atoms with van der Waals surface area (Å²) in [6.07, 6.45) is 23.7. The minimum absolute atomic E-state index is 0.176. The Morgan fingerprint density at radius 2 is 1.63 bits per heavy atom. The quantitative estimate of drug-likeness (QED) is 0.313. The lowest BCUT2D eigenvalue weighted by atomic mass is 9.72. The SMILES string of the molecule is C=CC1(C)C=CC=CC1CCCCCCCCCC. The largest absolute Gasteiger partial charge is 0.102 e. The van der Waals surface area contributed by atoms with Crippen molar-refractivity contribution in [1.29, 1.82) is 0 Å². The summed E-state index contributed by atoms with van der Waals surface area (Å²) in [6.45, 7) is 8.59. The first-order chi connectivity index (χ1) is 9.23. The maximum absolute atomic E-state index is 4.01. The summed E-state index contributed by atoms with van der Waals surface area (Å²) in [7, 11) is 0. The van der Waals surface area contributed by atoms with Crippen LogP contribution in [0.5, 0.6) is 0 Å². The smallest absolute Gasteiger partial charge is 0.00959 e. The van der Waals surface area contributed by atoms with Gasteiger partial charge < -0.3 is 0 Å². The van der Waals surface area contributed by atoms with Crippen molar-refractivity contribution in [2.75, 3.05) is 0 Å². The molecule has 0 fully saturated rings. The molecule has 0 aromatic heterocycles. The Labute approximate surface area is 120 Å². The summed E-state index contributed by atoms with van der Waals surface area (Å²) < 4.78 is 0. The summed E-state index contributed by atoms with van der Waals surface area (Å²) >= 11 is 0. The number of hydrogen-bond acceptors (Lipinski definition) is 0.